The summed E-state index contributed by atoms with van der Waals surface area (Å²) in [4.78, 5) is 0. The summed E-state index contributed by atoms with van der Waals surface area (Å²) in [6.45, 7) is 1.92. The molecule has 0 aliphatic heterocycles. The summed E-state index contributed by atoms with van der Waals surface area (Å²) in [5, 5.41) is 9.43. The molecule has 0 aliphatic carbocycles. The molecule has 1 heteroatoms. The van der Waals surface area contributed by atoms with Crippen LogP contribution in [0.5, 0.6) is 5.75 Å². The number of benzene rings is 2. The van der Waals surface area contributed by atoms with Crippen LogP contribution < -0.4 is 0 Å². The lowest BCUT2D eigenvalue weighted by Gasteiger charge is -2.01. The van der Waals surface area contributed by atoms with Crippen molar-refractivity contribution < 1.29 is 5.11 Å². The molecule has 2 aromatic carbocycles. The highest BCUT2D eigenvalue weighted by molar-refractivity contribution is 5.49. The van der Waals surface area contributed by atoms with Gasteiger partial charge >= 0.3 is 0 Å². The zero-order valence-electron chi connectivity index (χ0n) is 9.93. The molecule has 1 nitrogen and oxygen atoms in total. The zero-order chi connectivity index (χ0) is 12.1. The molecule has 0 radical (unpaired) electrons. The van der Waals surface area contributed by atoms with E-state index in [4.69, 9.17) is 0 Å². The molecule has 0 amide bonds. The molecule has 0 saturated heterocycles. The molecule has 0 atom stereocenters. The van der Waals surface area contributed by atoms with E-state index < -0.39 is 0 Å². The van der Waals surface area contributed by atoms with Crippen molar-refractivity contribution in [3.05, 3.63) is 71.3 Å². The standard InChI is InChI=1S/C16H16O/c1-13-12-15(10-11-16(13)17)9-5-8-14-6-3-2-4-7-14/h2-8,10-12,17H,9H2,1H3. The Labute approximate surface area is 102 Å². The van der Waals surface area contributed by atoms with Crippen LogP contribution in [0.4, 0.5) is 0 Å². The van der Waals surface area contributed by atoms with E-state index in [1.54, 1.807) is 6.07 Å². The highest BCUT2D eigenvalue weighted by atomic mass is 16.3. The fourth-order valence-electron chi connectivity index (χ4n) is 1.74. The Morgan fingerprint density at radius 2 is 1.82 bits per heavy atom. The molecule has 0 unspecified atom stereocenters. The number of hydrogen-bond acceptors (Lipinski definition) is 1. The third-order valence-electron chi connectivity index (χ3n) is 2.72. The Kier molecular flexibility index (Phi) is 3.61. The van der Waals surface area contributed by atoms with Gasteiger partial charge in [-0.15, -0.1) is 0 Å². The minimum Gasteiger partial charge on any atom is -0.508 e. The molecule has 86 valence electrons. The lowest BCUT2D eigenvalue weighted by Crippen LogP contribution is -1.83. The lowest BCUT2D eigenvalue weighted by molar-refractivity contribution is 0.471. The van der Waals surface area contributed by atoms with Gasteiger partial charge in [0, 0.05) is 0 Å². The van der Waals surface area contributed by atoms with Crippen LogP contribution in [0.3, 0.4) is 0 Å². The molecular formula is C16H16O. The van der Waals surface area contributed by atoms with Crippen LogP contribution in [0.25, 0.3) is 6.08 Å². The van der Waals surface area contributed by atoms with E-state index in [2.05, 4.69) is 24.3 Å². The maximum Gasteiger partial charge on any atom is 0.118 e. The first kappa shape index (κ1) is 11.5. The van der Waals surface area contributed by atoms with Gasteiger partial charge in [0.25, 0.3) is 0 Å². The second kappa shape index (κ2) is 5.35. The van der Waals surface area contributed by atoms with Crippen LogP contribution >= 0.6 is 0 Å². The second-order valence-electron chi connectivity index (χ2n) is 4.14. The van der Waals surface area contributed by atoms with E-state index in [0.29, 0.717) is 5.75 Å². The number of aromatic hydroxyl groups is 1. The van der Waals surface area contributed by atoms with Gasteiger partial charge in [-0.25, -0.2) is 0 Å². The topological polar surface area (TPSA) is 20.2 Å². The van der Waals surface area contributed by atoms with Crippen molar-refractivity contribution in [1.29, 1.82) is 0 Å². The summed E-state index contributed by atoms with van der Waals surface area (Å²) in [5.41, 5.74) is 3.35. The molecule has 0 aromatic heterocycles. The molecule has 0 heterocycles. The van der Waals surface area contributed by atoms with Gasteiger partial charge in [-0.3, -0.25) is 0 Å². The monoisotopic (exact) mass is 224 g/mol. The van der Waals surface area contributed by atoms with Crippen molar-refractivity contribution in [1.82, 2.24) is 0 Å². The Morgan fingerprint density at radius 1 is 1.06 bits per heavy atom. The molecule has 0 fully saturated rings. The third kappa shape index (κ3) is 3.22. The molecular weight excluding hydrogens is 208 g/mol. The van der Waals surface area contributed by atoms with Crippen LogP contribution in [0.1, 0.15) is 16.7 Å². The average molecular weight is 224 g/mol. The Morgan fingerprint density at radius 3 is 2.53 bits per heavy atom. The second-order valence-corrected chi connectivity index (χ2v) is 4.14. The highest BCUT2D eigenvalue weighted by Gasteiger charge is 1.96. The van der Waals surface area contributed by atoms with Crippen molar-refractivity contribution in [2.45, 2.75) is 13.3 Å². The summed E-state index contributed by atoms with van der Waals surface area (Å²) < 4.78 is 0. The summed E-state index contributed by atoms with van der Waals surface area (Å²) in [6.07, 6.45) is 5.14. The van der Waals surface area contributed by atoms with Crippen molar-refractivity contribution >= 4 is 6.08 Å². The maximum absolute atomic E-state index is 9.43. The molecule has 0 spiro atoms. The van der Waals surface area contributed by atoms with Crippen LogP contribution in [-0.2, 0) is 6.42 Å². The first-order valence-electron chi connectivity index (χ1n) is 5.76. The summed E-state index contributed by atoms with van der Waals surface area (Å²) >= 11 is 0. The van der Waals surface area contributed by atoms with Gasteiger partial charge in [-0.1, -0.05) is 54.6 Å². The Bertz CT molecular complexity index is 512. The summed E-state index contributed by atoms with van der Waals surface area (Å²) in [6, 6.07) is 16.0. The van der Waals surface area contributed by atoms with Gasteiger partial charge in [-0.2, -0.15) is 0 Å². The van der Waals surface area contributed by atoms with Crippen LogP contribution in [0.2, 0.25) is 0 Å². The van der Waals surface area contributed by atoms with E-state index >= 15 is 0 Å². The van der Waals surface area contributed by atoms with Crippen LogP contribution in [-0.4, -0.2) is 5.11 Å². The number of rotatable bonds is 3. The van der Waals surface area contributed by atoms with Gasteiger partial charge in [0.1, 0.15) is 5.75 Å². The van der Waals surface area contributed by atoms with Crippen molar-refractivity contribution in [2.24, 2.45) is 0 Å². The van der Waals surface area contributed by atoms with Crippen molar-refractivity contribution in [3.63, 3.8) is 0 Å². The number of aryl methyl sites for hydroxylation is 1. The van der Waals surface area contributed by atoms with Gasteiger partial charge in [0.05, 0.1) is 0 Å². The predicted octanol–water partition coefficient (Wildman–Crippen LogP) is 3.96. The lowest BCUT2D eigenvalue weighted by atomic mass is 10.1. The minimum atomic E-state index is 0.362. The third-order valence-corrected chi connectivity index (χ3v) is 2.72. The van der Waals surface area contributed by atoms with E-state index in [0.717, 1.165) is 12.0 Å². The quantitative estimate of drug-likeness (QED) is 0.836. The van der Waals surface area contributed by atoms with Gasteiger partial charge in [0.2, 0.25) is 0 Å². The number of phenolic OH excluding ortho intramolecular Hbond substituents is 1. The normalized spacial score (nSPS) is 10.9. The average Bonchev–Trinajstić information content (AvgIpc) is 2.35. The first-order chi connectivity index (χ1) is 8.25. The fourth-order valence-corrected chi connectivity index (χ4v) is 1.74. The fraction of sp³-hybridized carbons (Fsp3) is 0.125. The Hall–Kier alpha value is -2.02. The molecule has 17 heavy (non-hydrogen) atoms. The molecule has 0 bridgehead atoms. The SMILES string of the molecule is Cc1cc(CC=Cc2ccccc2)ccc1O. The minimum absolute atomic E-state index is 0.362. The largest absolute Gasteiger partial charge is 0.508 e. The highest BCUT2D eigenvalue weighted by Crippen LogP contribution is 2.17. The number of phenols is 1. The van der Waals surface area contributed by atoms with Crippen molar-refractivity contribution in [2.75, 3.05) is 0 Å². The van der Waals surface area contributed by atoms with E-state index in [1.807, 2.05) is 37.3 Å². The molecule has 0 aliphatic rings. The van der Waals surface area contributed by atoms with Gasteiger partial charge < -0.3 is 5.11 Å². The smallest absolute Gasteiger partial charge is 0.118 e. The molecule has 1 N–H and O–H groups in total. The van der Waals surface area contributed by atoms with E-state index in [1.165, 1.54) is 11.1 Å². The predicted molar refractivity (Wildman–Crippen MR) is 72.0 cm³/mol. The Balaban J connectivity index is 2.03. The van der Waals surface area contributed by atoms with E-state index in [9.17, 15) is 5.11 Å². The van der Waals surface area contributed by atoms with Gasteiger partial charge in [-0.05, 0) is 36.1 Å². The first-order valence-corrected chi connectivity index (χ1v) is 5.76. The molecule has 2 rings (SSSR count). The summed E-state index contributed by atoms with van der Waals surface area (Å²) in [7, 11) is 0. The van der Waals surface area contributed by atoms with Crippen LogP contribution in [0, 0.1) is 6.92 Å². The molecule has 2 aromatic rings. The molecule has 0 saturated carbocycles. The zero-order valence-corrected chi connectivity index (χ0v) is 9.93. The summed E-state index contributed by atoms with van der Waals surface area (Å²) in [5.74, 6) is 0.362. The van der Waals surface area contributed by atoms with Crippen molar-refractivity contribution in [3.8, 4) is 5.75 Å². The number of hydrogen-bond donors (Lipinski definition) is 1. The number of allylic oxidation sites excluding steroid dienone is 1. The maximum atomic E-state index is 9.43. The van der Waals surface area contributed by atoms with Crippen LogP contribution in [0.15, 0.2) is 54.6 Å². The van der Waals surface area contributed by atoms with E-state index in [-0.39, 0.29) is 0 Å². The van der Waals surface area contributed by atoms with Gasteiger partial charge in [0.15, 0.2) is 0 Å².